The molecule has 0 unspecified atom stereocenters. The van der Waals surface area contributed by atoms with Crippen LogP contribution in [0.25, 0.3) is 0 Å². The van der Waals surface area contributed by atoms with Gasteiger partial charge in [0.15, 0.2) is 0 Å². The normalized spacial score (nSPS) is 12.5. The van der Waals surface area contributed by atoms with Gasteiger partial charge in [-0.3, -0.25) is 4.90 Å². The second-order valence-electron chi connectivity index (χ2n) is 8.86. The SMILES string of the molecule is CCCCCCN(CCCCCC)CCO/N=C(\CCCCOC)c1ccc(C(F)(F)F)cc1. The number of benzene rings is 1. The Labute approximate surface area is 204 Å². The van der Waals surface area contributed by atoms with Crippen molar-refractivity contribution in [1.29, 1.82) is 0 Å². The molecule has 0 atom stereocenters. The van der Waals surface area contributed by atoms with Gasteiger partial charge < -0.3 is 9.57 Å². The largest absolute Gasteiger partial charge is 0.416 e. The van der Waals surface area contributed by atoms with E-state index in [0.717, 1.165) is 44.6 Å². The van der Waals surface area contributed by atoms with Gasteiger partial charge in [-0.2, -0.15) is 13.2 Å². The third-order valence-corrected chi connectivity index (χ3v) is 5.89. The maximum atomic E-state index is 12.9. The van der Waals surface area contributed by atoms with E-state index in [1.807, 2.05) is 0 Å². The number of hydrogen-bond donors (Lipinski definition) is 0. The lowest BCUT2D eigenvalue weighted by Gasteiger charge is -2.21. The summed E-state index contributed by atoms with van der Waals surface area (Å²) < 4.78 is 43.9. The van der Waals surface area contributed by atoms with Crippen molar-refractivity contribution in [3.05, 3.63) is 35.4 Å². The number of oxime groups is 1. The summed E-state index contributed by atoms with van der Waals surface area (Å²) in [5, 5.41) is 4.34. The highest BCUT2D eigenvalue weighted by molar-refractivity contribution is 6.00. The van der Waals surface area contributed by atoms with Gasteiger partial charge in [0.1, 0.15) is 6.61 Å². The summed E-state index contributed by atoms with van der Waals surface area (Å²) in [5.41, 5.74) is 0.696. The molecule has 0 N–H and O–H groups in total. The lowest BCUT2D eigenvalue weighted by atomic mass is 10.0. The number of unbranched alkanes of at least 4 members (excludes halogenated alkanes) is 7. The van der Waals surface area contributed by atoms with E-state index in [0.29, 0.717) is 30.9 Å². The molecule has 0 aromatic heterocycles. The number of methoxy groups -OCH3 is 1. The molecule has 196 valence electrons. The zero-order chi connectivity index (χ0) is 25.1. The summed E-state index contributed by atoms with van der Waals surface area (Å²) in [4.78, 5) is 8.14. The molecule has 1 aromatic rings. The van der Waals surface area contributed by atoms with Crippen LogP contribution in [0, 0.1) is 0 Å². The Hall–Kier alpha value is -1.60. The van der Waals surface area contributed by atoms with E-state index >= 15 is 0 Å². The second kappa shape index (κ2) is 18.7. The van der Waals surface area contributed by atoms with E-state index in [1.54, 1.807) is 7.11 Å². The van der Waals surface area contributed by atoms with E-state index in [2.05, 4.69) is 23.9 Å². The van der Waals surface area contributed by atoms with Crippen molar-refractivity contribution < 1.29 is 22.7 Å². The van der Waals surface area contributed by atoms with Gasteiger partial charge in [0, 0.05) is 20.3 Å². The number of nitrogens with zero attached hydrogens (tertiary/aromatic N) is 2. The summed E-state index contributed by atoms with van der Waals surface area (Å²) in [7, 11) is 1.66. The predicted molar refractivity (Wildman–Crippen MR) is 134 cm³/mol. The summed E-state index contributed by atoms with van der Waals surface area (Å²) in [5.74, 6) is 0. The van der Waals surface area contributed by atoms with E-state index in [4.69, 9.17) is 9.57 Å². The van der Waals surface area contributed by atoms with Crippen molar-refractivity contribution in [1.82, 2.24) is 4.90 Å². The molecular formula is C27H45F3N2O2. The van der Waals surface area contributed by atoms with Crippen LogP contribution in [0.2, 0.25) is 0 Å². The standard InChI is InChI=1S/C27H45F3N2O2/c1-4-6-8-11-19-32(20-12-9-7-5-2)21-23-34-31-26(14-10-13-22-33-3)24-15-17-25(18-16-24)27(28,29)30/h15-18H,4-14,19-23H2,1-3H3/b31-26+. The van der Waals surface area contributed by atoms with Gasteiger partial charge in [-0.05, 0) is 62.9 Å². The molecule has 34 heavy (non-hydrogen) atoms. The van der Waals surface area contributed by atoms with Gasteiger partial charge in [-0.25, -0.2) is 0 Å². The minimum atomic E-state index is -4.34. The fraction of sp³-hybridized carbons (Fsp3) is 0.741. The first-order chi connectivity index (χ1) is 16.4. The van der Waals surface area contributed by atoms with E-state index in [9.17, 15) is 13.2 Å². The monoisotopic (exact) mass is 486 g/mol. The number of alkyl halides is 3. The lowest BCUT2D eigenvalue weighted by Crippen LogP contribution is -2.29. The Morgan fingerprint density at radius 1 is 0.794 bits per heavy atom. The van der Waals surface area contributed by atoms with Crippen LogP contribution in [0.15, 0.2) is 29.4 Å². The molecule has 0 aliphatic heterocycles. The Balaban J connectivity index is 2.69. The first-order valence-electron chi connectivity index (χ1n) is 13.0. The third-order valence-electron chi connectivity index (χ3n) is 5.89. The zero-order valence-corrected chi connectivity index (χ0v) is 21.5. The quantitative estimate of drug-likeness (QED) is 0.108. The summed E-state index contributed by atoms with van der Waals surface area (Å²) >= 11 is 0. The van der Waals surface area contributed by atoms with Crippen molar-refractivity contribution in [3.8, 4) is 0 Å². The van der Waals surface area contributed by atoms with Gasteiger partial charge in [-0.1, -0.05) is 69.7 Å². The molecule has 0 amide bonds. The van der Waals surface area contributed by atoms with Crippen molar-refractivity contribution in [3.63, 3.8) is 0 Å². The molecule has 0 aliphatic rings. The van der Waals surface area contributed by atoms with Gasteiger partial charge in [-0.15, -0.1) is 0 Å². The zero-order valence-electron chi connectivity index (χ0n) is 21.5. The van der Waals surface area contributed by atoms with E-state index in [1.165, 1.54) is 63.5 Å². The topological polar surface area (TPSA) is 34.1 Å². The molecule has 1 aromatic carbocycles. The minimum Gasteiger partial charge on any atom is -0.394 e. The maximum Gasteiger partial charge on any atom is 0.416 e. The molecule has 0 saturated heterocycles. The van der Waals surface area contributed by atoms with Gasteiger partial charge in [0.2, 0.25) is 0 Å². The Kier molecular flexibility index (Phi) is 16.7. The third kappa shape index (κ3) is 14.0. The first kappa shape index (κ1) is 30.4. The molecular weight excluding hydrogens is 441 g/mol. The van der Waals surface area contributed by atoms with Crippen LogP contribution in [-0.4, -0.2) is 50.6 Å². The van der Waals surface area contributed by atoms with Crippen LogP contribution >= 0.6 is 0 Å². The molecule has 0 saturated carbocycles. The molecule has 0 fully saturated rings. The van der Waals surface area contributed by atoms with Gasteiger partial charge in [0.05, 0.1) is 11.3 Å². The predicted octanol–water partition coefficient (Wildman–Crippen LogP) is 7.71. The van der Waals surface area contributed by atoms with Crippen molar-refractivity contribution in [2.24, 2.45) is 5.16 Å². The lowest BCUT2D eigenvalue weighted by molar-refractivity contribution is -0.137. The van der Waals surface area contributed by atoms with Crippen LogP contribution < -0.4 is 0 Å². The number of ether oxygens (including phenoxy) is 1. The molecule has 0 heterocycles. The molecule has 4 nitrogen and oxygen atoms in total. The summed E-state index contributed by atoms with van der Waals surface area (Å²) in [6.45, 7) is 8.52. The van der Waals surface area contributed by atoms with Gasteiger partial charge in [0.25, 0.3) is 0 Å². The minimum absolute atomic E-state index is 0.476. The highest BCUT2D eigenvalue weighted by Crippen LogP contribution is 2.29. The average Bonchev–Trinajstić information content (AvgIpc) is 2.82. The fourth-order valence-corrected chi connectivity index (χ4v) is 3.79. The van der Waals surface area contributed by atoms with Crippen LogP contribution in [0.4, 0.5) is 13.2 Å². The van der Waals surface area contributed by atoms with Crippen LogP contribution in [-0.2, 0) is 15.8 Å². The number of halogens is 3. The maximum absolute atomic E-state index is 12.9. The first-order valence-corrected chi connectivity index (χ1v) is 13.0. The molecule has 0 aliphatic carbocycles. The highest BCUT2D eigenvalue weighted by atomic mass is 19.4. The van der Waals surface area contributed by atoms with Crippen molar-refractivity contribution in [2.45, 2.75) is 90.7 Å². The Morgan fingerprint density at radius 3 is 1.94 bits per heavy atom. The van der Waals surface area contributed by atoms with Crippen molar-refractivity contribution >= 4 is 5.71 Å². The molecule has 0 radical (unpaired) electrons. The molecule has 1 rings (SSSR count). The average molecular weight is 487 g/mol. The molecule has 0 bridgehead atoms. The van der Waals surface area contributed by atoms with Crippen LogP contribution in [0.5, 0.6) is 0 Å². The Morgan fingerprint density at radius 2 is 1.41 bits per heavy atom. The fourth-order valence-electron chi connectivity index (χ4n) is 3.79. The highest BCUT2D eigenvalue weighted by Gasteiger charge is 2.30. The Bertz CT molecular complexity index is 636. The molecule has 7 heteroatoms. The summed E-state index contributed by atoms with van der Waals surface area (Å²) in [6, 6.07) is 5.17. The second-order valence-corrected chi connectivity index (χ2v) is 8.86. The number of hydrogen-bond acceptors (Lipinski definition) is 4. The summed E-state index contributed by atoms with van der Waals surface area (Å²) in [6.07, 6.45) is 7.86. The molecule has 0 spiro atoms. The van der Waals surface area contributed by atoms with Crippen molar-refractivity contribution in [2.75, 3.05) is 40.0 Å². The van der Waals surface area contributed by atoms with Gasteiger partial charge >= 0.3 is 6.18 Å². The smallest absolute Gasteiger partial charge is 0.394 e. The van der Waals surface area contributed by atoms with E-state index < -0.39 is 11.7 Å². The van der Waals surface area contributed by atoms with Crippen LogP contribution in [0.1, 0.15) is 95.6 Å². The van der Waals surface area contributed by atoms with Crippen LogP contribution in [0.3, 0.4) is 0 Å². The van der Waals surface area contributed by atoms with E-state index in [-0.39, 0.29) is 0 Å². The number of rotatable bonds is 20.